The molecule has 6 nitrogen and oxygen atoms in total. The summed E-state index contributed by atoms with van der Waals surface area (Å²) in [6.45, 7) is 3.25. The van der Waals surface area contributed by atoms with Crippen LogP contribution >= 0.6 is 0 Å². The van der Waals surface area contributed by atoms with Gasteiger partial charge in [0, 0.05) is 12.0 Å². The van der Waals surface area contributed by atoms with E-state index in [0.717, 1.165) is 0 Å². The zero-order valence-corrected chi connectivity index (χ0v) is 12.1. The number of esters is 1. The van der Waals surface area contributed by atoms with Gasteiger partial charge in [0.15, 0.2) is 11.9 Å². The molecule has 0 aliphatic heterocycles. The van der Waals surface area contributed by atoms with E-state index in [-0.39, 0.29) is 12.2 Å². The maximum absolute atomic E-state index is 11.4. The molecule has 1 rings (SSSR count). The van der Waals surface area contributed by atoms with Gasteiger partial charge in [-0.2, -0.15) is 0 Å². The highest BCUT2D eigenvalue weighted by Gasteiger charge is 2.13. The number of hydrogen-bond donors (Lipinski definition) is 1. The van der Waals surface area contributed by atoms with E-state index in [9.17, 15) is 14.4 Å². The topological polar surface area (TPSA) is 95.7 Å². The van der Waals surface area contributed by atoms with Crippen LogP contribution in [0.25, 0.3) is 0 Å². The standard InChI is InChI=1S/C15H19NO5/c1-10(17)12-5-7-13(8-6-12)20-9-3-4-14(18)21-11(2)15(16)19/h5-8,11H,3-4,9H2,1-2H3,(H2,16,19)/t11-/m0/s1. The Balaban J connectivity index is 2.26. The van der Waals surface area contributed by atoms with Crippen molar-refractivity contribution in [1.29, 1.82) is 0 Å². The van der Waals surface area contributed by atoms with E-state index >= 15 is 0 Å². The van der Waals surface area contributed by atoms with E-state index in [1.807, 2.05) is 0 Å². The van der Waals surface area contributed by atoms with E-state index in [0.29, 0.717) is 24.3 Å². The minimum absolute atomic E-state index is 0.00661. The molecule has 0 aliphatic carbocycles. The summed E-state index contributed by atoms with van der Waals surface area (Å²) in [4.78, 5) is 33.2. The molecular formula is C15H19NO5. The molecule has 0 aliphatic rings. The fraction of sp³-hybridized carbons (Fsp3) is 0.400. The summed E-state index contributed by atoms with van der Waals surface area (Å²) in [5, 5.41) is 0. The molecule has 21 heavy (non-hydrogen) atoms. The van der Waals surface area contributed by atoms with Crippen LogP contribution in [0.15, 0.2) is 24.3 Å². The molecule has 0 fully saturated rings. The molecule has 0 radical (unpaired) electrons. The maximum atomic E-state index is 11.4. The number of ketones is 1. The van der Waals surface area contributed by atoms with Crippen LogP contribution in [0, 0.1) is 0 Å². The monoisotopic (exact) mass is 293 g/mol. The molecule has 0 aromatic heterocycles. The van der Waals surface area contributed by atoms with Crippen molar-refractivity contribution in [1.82, 2.24) is 0 Å². The van der Waals surface area contributed by atoms with Crippen LogP contribution < -0.4 is 10.5 Å². The molecule has 0 saturated heterocycles. The van der Waals surface area contributed by atoms with Crippen LogP contribution in [-0.4, -0.2) is 30.4 Å². The molecule has 0 bridgehead atoms. The van der Waals surface area contributed by atoms with Gasteiger partial charge in [-0.15, -0.1) is 0 Å². The normalized spacial score (nSPS) is 11.5. The lowest BCUT2D eigenvalue weighted by molar-refractivity contribution is -0.153. The molecule has 1 amide bonds. The average Bonchev–Trinajstić information content (AvgIpc) is 2.44. The Morgan fingerprint density at radius 1 is 1.19 bits per heavy atom. The summed E-state index contributed by atoms with van der Waals surface area (Å²) in [6, 6.07) is 6.76. The second-order valence-corrected chi connectivity index (χ2v) is 4.57. The Hall–Kier alpha value is -2.37. The molecule has 0 heterocycles. The van der Waals surface area contributed by atoms with Crippen LogP contribution in [0.4, 0.5) is 0 Å². The van der Waals surface area contributed by atoms with Gasteiger partial charge in [-0.3, -0.25) is 14.4 Å². The van der Waals surface area contributed by atoms with Gasteiger partial charge in [-0.25, -0.2) is 0 Å². The quantitative estimate of drug-likeness (QED) is 0.445. The van der Waals surface area contributed by atoms with E-state index in [1.54, 1.807) is 24.3 Å². The zero-order valence-electron chi connectivity index (χ0n) is 12.1. The second-order valence-electron chi connectivity index (χ2n) is 4.57. The average molecular weight is 293 g/mol. The smallest absolute Gasteiger partial charge is 0.306 e. The van der Waals surface area contributed by atoms with Crippen molar-refractivity contribution in [2.24, 2.45) is 5.73 Å². The minimum Gasteiger partial charge on any atom is -0.494 e. The van der Waals surface area contributed by atoms with Crippen LogP contribution in [-0.2, 0) is 14.3 Å². The predicted octanol–water partition coefficient (Wildman–Crippen LogP) is 1.47. The Labute approximate surface area is 123 Å². The highest BCUT2D eigenvalue weighted by Crippen LogP contribution is 2.13. The third-order valence-electron chi connectivity index (χ3n) is 2.76. The first-order valence-corrected chi connectivity index (χ1v) is 6.62. The minimum atomic E-state index is -0.919. The number of hydrogen-bond acceptors (Lipinski definition) is 5. The number of carbonyl (C=O) groups excluding carboxylic acids is 3. The Morgan fingerprint density at radius 2 is 1.81 bits per heavy atom. The lowest BCUT2D eigenvalue weighted by Crippen LogP contribution is -2.30. The number of carbonyl (C=O) groups is 3. The molecule has 0 saturated carbocycles. The molecule has 2 N–H and O–H groups in total. The summed E-state index contributed by atoms with van der Waals surface area (Å²) in [7, 11) is 0. The van der Waals surface area contributed by atoms with Gasteiger partial charge in [-0.1, -0.05) is 0 Å². The lowest BCUT2D eigenvalue weighted by atomic mass is 10.1. The van der Waals surface area contributed by atoms with Gasteiger partial charge in [0.2, 0.25) is 0 Å². The van der Waals surface area contributed by atoms with Crippen LogP contribution in [0.2, 0.25) is 0 Å². The van der Waals surface area contributed by atoms with Crippen molar-refractivity contribution in [3.8, 4) is 5.75 Å². The summed E-state index contributed by atoms with van der Waals surface area (Å²) < 4.78 is 10.2. The predicted molar refractivity (Wildman–Crippen MR) is 75.9 cm³/mol. The van der Waals surface area contributed by atoms with Crippen molar-refractivity contribution in [3.63, 3.8) is 0 Å². The summed E-state index contributed by atoms with van der Waals surface area (Å²) in [5.74, 6) is -0.547. The van der Waals surface area contributed by atoms with Gasteiger partial charge in [-0.05, 0) is 44.5 Å². The highest BCUT2D eigenvalue weighted by atomic mass is 16.5. The fourth-order valence-corrected chi connectivity index (χ4v) is 1.51. The third kappa shape index (κ3) is 6.07. The summed E-state index contributed by atoms with van der Waals surface area (Å²) in [6.07, 6.45) is -0.320. The van der Waals surface area contributed by atoms with E-state index in [2.05, 4.69) is 0 Å². The number of primary amides is 1. The first-order valence-electron chi connectivity index (χ1n) is 6.62. The molecule has 114 valence electrons. The number of nitrogens with two attached hydrogens (primary N) is 1. The molecule has 1 atom stereocenters. The van der Waals surface area contributed by atoms with Gasteiger partial charge >= 0.3 is 5.97 Å². The molecule has 0 unspecified atom stereocenters. The van der Waals surface area contributed by atoms with Crippen LogP contribution in [0.5, 0.6) is 5.75 Å². The van der Waals surface area contributed by atoms with Crippen molar-refractivity contribution in [2.45, 2.75) is 32.8 Å². The van der Waals surface area contributed by atoms with Crippen molar-refractivity contribution >= 4 is 17.7 Å². The molecule has 1 aromatic carbocycles. The lowest BCUT2D eigenvalue weighted by Gasteiger charge is -2.10. The molecular weight excluding hydrogens is 274 g/mol. The first kappa shape index (κ1) is 16.7. The Bertz CT molecular complexity index is 509. The van der Waals surface area contributed by atoms with E-state index in [4.69, 9.17) is 15.2 Å². The zero-order chi connectivity index (χ0) is 15.8. The number of amides is 1. The number of ether oxygens (including phenoxy) is 2. The van der Waals surface area contributed by atoms with Crippen LogP contribution in [0.1, 0.15) is 37.0 Å². The highest BCUT2D eigenvalue weighted by molar-refractivity contribution is 5.94. The van der Waals surface area contributed by atoms with Gasteiger partial charge in [0.05, 0.1) is 6.61 Å². The van der Waals surface area contributed by atoms with E-state index in [1.165, 1.54) is 13.8 Å². The second kappa shape index (κ2) is 8.04. The molecule has 1 aromatic rings. The Kier molecular flexibility index (Phi) is 6.39. The van der Waals surface area contributed by atoms with Gasteiger partial charge in [0.25, 0.3) is 5.91 Å². The number of rotatable bonds is 8. The first-order chi connectivity index (χ1) is 9.90. The summed E-state index contributed by atoms with van der Waals surface area (Å²) in [5.41, 5.74) is 5.60. The van der Waals surface area contributed by atoms with Crippen LogP contribution in [0.3, 0.4) is 0 Å². The maximum Gasteiger partial charge on any atom is 0.306 e. The fourth-order valence-electron chi connectivity index (χ4n) is 1.51. The van der Waals surface area contributed by atoms with Crippen molar-refractivity contribution < 1.29 is 23.9 Å². The third-order valence-corrected chi connectivity index (χ3v) is 2.76. The van der Waals surface area contributed by atoms with Crippen molar-refractivity contribution in [2.75, 3.05) is 6.61 Å². The summed E-state index contributed by atoms with van der Waals surface area (Å²) >= 11 is 0. The molecule has 0 spiro atoms. The van der Waals surface area contributed by atoms with Gasteiger partial charge in [0.1, 0.15) is 5.75 Å². The Morgan fingerprint density at radius 3 is 2.33 bits per heavy atom. The van der Waals surface area contributed by atoms with Crippen molar-refractivity contribution in [3.05, 3.63) is 29.8 Å². The molecule has 6 heteroatoms. The number of Topliss-reactive ketones (excluding diaryl/α,β-unsaturated/α-hetero) is 1. The van der Waals surface area contributed by atoms with Gasteiger partial charge < -0.3 is 15.2 Å². The largest absolute Gasteiger partial charge is 0.494 e. The van der Waals surface area contributed by atoms with E-state index < -0.39 is 18.0 Å². The number of benzene rings is 1. The SMILES string of the molecule is CC(=O)c1ccc(OCCCC(=O)O[C@@H](C)C(N)=O)cc1.